The minimum atomic E-state index is -1.25. The topological polar surface area (TPSA) is 27.6 Å². The van der Waals surface area contributed by atoms with Crippen LogP contribution in [0.2, 0.25) is 5.02 Å². The van der Waals surface area contributed by atoms with Crippen molar-refractivity contribution in [1.29, 1.82) is 0 Å². The Labute approximate surface area is 117 Å². The maximum Gasteiger partial charge on any atom is 0.194 e. The first-order valence-corrected chi connectivity index (χ1v) is 6.92. The summed E-state index contributed by atoms with van der Waals surface area (Å²) >= 11 is 5.92. The van der Waals surface area contributed by atoms with E-state index >= 15 is 0 Å². The fourth-order valence-electron chi connectivity index (χ4n) is 2.70. The normalized spacial score (nSPS) is 29.9. The van der Waals surface area contributed by atoms with Gasteiger partial charge in [-0.25, -0.2) is 4.39 Å². The van der Waals surface area contributed by atoms with Crippen LogP contribution in [0.4, 0.5) is 4.39 Å². The molecule has 0 atom stereocenters. The summed E-state index contributed by atoms with van der Waals surface area (Å²) in [4.78, 5) is 6.43. The Balaban J connectivity index is 1.62. The molecule has 0 aromatic heterocycles. The fraction of sp³-hybridized carbons (Fsp3) is 0.500. The van der Waals surface area contributed by atoms with Crippen LogP contribution in [-0.2, 0) is 5.67 Å². The standard InChI is InChI=1S/C14H17ClFN3/c1-19-6-5-17-13(19)18-12-8-14(16,9-12)10-3-2-4-11(15)7-10/h2-4,7,12H,5-6,8-9H2,1H3,(H,17,18). The molecule has 1 fully saturated rings. The Hall–Kier alpha value is -1.29. The number of hydrogen-bond donors (Lipinski definition) is 1. The summed E-state index contributed by atoms with van der Waals surface area (Å²) in [6.45, 7) is 1.75. The Kier molecular flexibility index (Phi) is 3.13. The molecule has 0 saturated heterocycles. The Morgan fingerprint density at radius 2 is 2.26 bits per heavy atom. The van der Waals surface area contributed by atoms with E-state index in [0.717, 1.165) is 19.0 Å². The molecule has 1 aliphatic heterocycles. The third-order valence-corrected chi connectivity index (χ3v) is 4.11. The van der Waals surface area contributed by atoms with Gasteiger partial charge in [-0.05, 0) is 17.7 Å². The number of halogens is 2. The minimum absolute atomic E-state index is 0.156. The Morgan fingerprint density at radius 1 is 1.47 bits per heavy atom. The monoisotopic (exact) mass is 281 g/mol. The molecule has 19 heavy (non-hydrogen) atoms. The van der Waals surface area contributed by atoms with E-state index in [1.807, 2.05) is 7.05 Å². The molecule has 0 unspecified atom stereocenters. The predicted molar refractivity (Wildman–Crippen MR) is 75.3 cm³/mol. The van der Waals surface area contributed by atoms with E-state index in [1.165, 1.54) is 0 Å². The second-order valence-electron chi connectivity index (χ2n) is 5.35. The average molecular weight is 282 g/mol. The first kappa shape index (κ1) is 12.7. The van der Waals surface area contributed by atoms with E-state index in [1.54, 1.807) is 24.3 Å². The molecule has 1 N–H and O–H groups in total. The SMILES string of the molecule is CN1CCN=C1NC1CC(F)(c2cccc(Cl)c2)C1. The van der Waals surface area contributed by atoms with Gasteiger partial charge in [0.25, 0.3) is 0 Å². The predicted octanol–water partition coefficient (Wildman–Crippen LogP) is 2.56. The fourth-order valence-corrected chi connectivity index (χ4v) is 2.89. The van der Waals surface area contributed by atoms with Gasteiger partial charge in [0, 0.05) is 37.5 Å². The van der Waals surface area contributed by atoms with Crippen molar-refractivity contribution in [2.45, 2.75) is 24.6 Å². The summed E-state index contributed by atoms with van der Waals surface area (Å²) < 4.78 is 14.7. The van der Waals surface area contributed by atoms with Gasteiger partial charge in [0.15, 0.2) is 5.96 Å². The van der Waals surface area contributed by atoms with Crippen LogP contribution in [0, 0.1) is 0 Å². The van der Waals surface area contributed by atoms with Gasteiger partial charge < -0.3 is 10.2 Å². The lowest BCUT2D eigenvalue weighted by Gasteiger charge is -2.42. The van der Waals surface area contributed by atoms with Crippen LogP contribution >= 0.6 is 11.6 Å². The summed E-state index contributed by atoms with van der Waals surface area (Å²) in [5, 5.41) is 3.90. The van der Waals surface area contributed by atoms with Gasteiger partial charge >= 0.3 is 0 Å². The van der Waals surface area contributed by atoms with Crippen molar-refractivity contribution in [3.8, 4) is 0 Å². The molecule has 1 aliphatic carbocycles. The summed E-state index contributed by atoms with van der Waals surface area (Å²) in [5.74, 6) is 0.887. The number of nitrogens with one attached hydrogen (secondary N) is 1. The van der Waals surface area contributed by atoms with Gasteiger partial charge in [-0.3, -0.25) is 4.99 Å². The zero-order chi connectivity index (χ0) is 13.5. The summed E-state index contributed by atoms with van der Waals surface area (Å²) in [5.41, 5.74) is -0.569. The van der Waals surface area contributed by atoms with Crippen molar-refractivity contribution in [2.24, 2.45) is 4.99 Å². The largest absolute Gasteiger partial charge is 0.353 e. The molecular weight excluding hydrogens is 265 g/mol. The van der Waals surface area contributed by atoms with Crippen LogP contribution in [0.1, 0.15) is 18.4 Å². The van der Waals surface area contributed by atoms with Gasteiger partial charge in [0.1, 0.15) is 5.67 Å². The summed E-state index contributed by atoms with van der Waals surface area (Å²) in [6.07, 6.45) is 0.945. The van der Waals surface area contributed by atoms with Crippen LogP contribution in [0.15, 0.2) is 29.3 Å². The van der Waals surface area contributed by atoms with Crippen molar-refractivity contribution >= 4 is 17.6 Å². The number of nitrogens with zero attached hydrogens (tertiary/aromatic N) is 2. The highest BCUT2D eigenvalue weighted by atomic mass is 35.5. The Bertz CT molecular complexity index is 511. The zero-order valence-electron chi connectivity index (χ0n) is 10.9. The molecule has 1 aromatic carbocycles. The van der Waals surface area contributed by atoms with Gasteiger partial charge in [-0.15, -0.1) is 0 Å². The summed E-state index contributed by atoms with van der Waals surface area (Å²) in [7, 11) is 2.00. The number of benzene rings is 1. The van der Waals surface area contributed by atoms with Gasteiger partial charge in [0.05, 0.1) is 6.54 Å². The first-order valence-electron chi connectivity index (χ1n) is 6.54. The number of aliphatic imine (C=N–C) groups is 1. The van der Waals surface area contributed by atoms with E-state index < -0.39 is 5.67 Å². The number of guanidine groups is 1. The van der Waals surface area contributed by atoms with Crippen LogP contribution in [0.3, 0.4) is 0 Å². The number of alkyl halides is 1. The molecule has 0 amide bonds. The molecule has 0 radical (unpaired) electrons. The second kappa shape index (κ2) is 4.67. The van der Waals surface area contributed by atoms with Crippen molar-refractivity contribution in [3.63, 3.8) is 0 Å². The van der Waals surface area contributed by atoms with Crippen LogP contribution in [-0.4, -0.2) is 37.0 Å². The maximum atomic E-state index is 14.7. The van der Waals surface area contributed by atoms with Crippen molar-refractivity contribution < 1.29 is 4.39 Å². The third-order valence-electron chi connectivity index (χ3n) is 3.87. The van der Waals surface area contributed by atoms with E-state index in [9.17, 15) is 4.39 Å². The zero-order valence-corrected chi connectivity index (χ0v) is 11.6. The number of likely N-dealkylation sites (N-methyl/N-ethyl adjacent to an activating group) is 1. The van der Waals surface area contributed by atoms with Crippen LogP contribution in [0.25, 0.3) is 0 Å². The number of hydrogen-bond acceptors (Lipinski definition) is 3. The Morgan fingerprint density at radius 3 is 2.89 bits per heavy atom. The van der Waals surface area contributed by atoms with E-state index in [0.29, 0.717) is 23.4 Å². The minimum Gasteiger partial charge on any atom is -0.353 e. The highest BCUT2D eigenvalue weighted by Crippen LogP contribution is 2.45. The molecule has 1 heterocycles. The molecular formula is C14H17ClFN3. The quantitative estimate of drug-likeness (QED) is 0.902. The first-order chi connectivity index (χ1) is 9.07. The van der Waals surface area contributed by atoms with E-state index in [-0.39, 0.29) is 6.04 Å². The van der Waals surface area contributed by atoms with Crippen LogP contribution in [0.5, 0.6) is 0 Å². The lowest BCUT2D eigenvalue weighted by molar-refractivity contribution is 0.0318. The lowest BCUT2D eigenvalue weighted by atomic mass is 9.73. The molecule has 3 nitrogen and oxygen atoms in total. The highest BCUT2D eigenvalue weighted by molar-refractivity contribution is 6.30. The van der Waals surface area contributed by atoms with Gasteiger partial charge in [0.2, 0.25) is 0 Å². The lowest BCUT2D eigenvalue weighted by Crippen LogP contribution is -2.53. The number of rotatable bonds is 2. The highest BCUT2D eigenvalue weighted by Gasteiger charge is 2.46. The van der Waals surface area contributed by atoms with Crippen molar-refractivity contribution in [1.82, 2.24) is 10.2 Å². The van der Waals surface area contributed by atoms with Crippen LogP contribution < -0.4 is 5.32 Å². The van der Waals surface area contributed by atoms with E-state index in [2.05, 4.69) is 15.2 Å². The molecule has 102 valence electrons. The van der Waals surface area contributed by atoms with Crippen molar-refractivity contribution in [2.75, 3.05) is 20.1 Å². The summed E-state index contributed by atoms with van der Waals surface area (Å²) in [6, 6.07) is 7.25. The average Bonchev–Trinajstić information content (AvgIpc) is 2.73. The molecule has 0 bridgehead atoms. The maximum absolute atomic E-state index is 14.7. The van der Waals surface area contributed by atoms with Gasteiger partial charge in [-0.1, -0.05) is 23.7 Å². The third kappa shape index (κ3) is 2.41. The van der Waals surface area contributed by atoms with Gasteiger partial charge in [-0.2, -0.15) is 0 Å². The molecule has 5 heteroatoms. The molecule has 0 spiro atoms. The molecule has 1 aromatic rings. The molecule has 1 saturated carbocycles. The molecule has 3 rings (SSSR count). The van der Waals surface area contributed by atoms with E-state index in [4.69, 9.17) is 11.6 Å². The van der Waals surface area contributed by atoms with Crippen molar-refractivity contribution in [3.05, 3.63) is 34.9 Å². The smallest absolute Gasteiger partial charge is 0.194 e. The molecule has 2 aliphatic rings. The second-order valence-corrected chi connectivity index (χ2v) is 5.79.